The first-order valence-electron chi connectivity index (χ1n) is 5.67. The summed E-state index contributed by atoms with van der Waals surface area (Å²) in [6.45, 7) is 3.72. The van der Waals surface area contributed by atoms with Crippen molar-refractivity contribution in [3.8, 4) is 11.8 Å². The SMILES string of the molecule is CC(C)(C#N)CCOc1ccc(C=O)cc1[N+](=O)[O-]. The van der Waals surface area contributed by atoms with E-state index in [9.17, 15) is 14.9 Å². The Morgan fingerprint density at radius 3 is 2.74 bits per heavy atom. The molecule has 0 amide bonds. The van der Waals surface area contributed by atoms with Crippen molar-refractivity contribution in [3.63, 3.8) is 0 Å². The first-order valence-corrected chi connectivity index (χ1v) is 5.67. The fourth-order valence-electron chi connectivity index (χ4n) is 1.34. The van der Waals surface area contributed by atoms with Gasteiger partial charge < -0.3 is 4.74 Å². The predicted octanol–water partition coefficient (Wildman–Crippen LogP) is 2.73. The zero-order valence-corrected chi connectivity index (χ0v) is 10.8. The number of nitro groups is 1. The summed E-state index contributed by atoms with van der Waals surface area (Å²) < 4.78 is 5.33. The summed E-state index contributed by atoms with van der Waals surface area (Å²) in [4.78, 5) is 20.8. The number of hydrogen-bond acceptors (Lipinski definition) is 5. The van der Waals surface area contributed by atoms with E-state index in [1.54, 1.807) is 13.8 Å². The standard InChI is InChI=1S/C13H14N2O4/c1-13(2,9-14)5-6-19-12-4-3-10(8-16)7-11(12)15(17)18/h3-4,7-8H,5-6H2,1-2H3. The van der Waals surface area contributed by atoms with Gasteiger partial charge in [0, 0.05) is 11.6 Å². The monoisotopic (exact) mass is 262 g/mol. The minimum atomic E-state index is -0.599. The maximum Gasteiger partial charge on any atom is 0.311 e. The molecule has 0 saturated carbocycles. The topological polar surface area (TPSA) is 93.2 Å². The first kappa shape index (κ1) is 14.6. The number of hydrogen-bond donors (Lipinski definition) is 0. The van der Waals surface area contributed by atoms with Gasteiger partial charge in [0.05, 0.1) is 23.0 Å². The lowest BCUT2D eigenvalue weighted by Crippen LogP contribution is -2.13. The Kier molecular flexibility index (Phi) is 4.59. The van der Waals surface area contributed by atoms with Crippen molar-refractivity contribution in [2.75, 3.05) is 6.61 Å². The number of carbonyl (C=O) groups is 1. The molecule has 0 aliphatic rings. The number of nitrogens with zero attached hydrogens (tertiary/aromatic N) is 2. The molecule has 0 N–H and O–H groups in total. The normalized spacial score (nSPS) is 10.6. The van der Waals surface area contributed by atoms with Gasteiger partial charge in [0.2, 0.25) is 0 Å². The third kappa shape index (κ3) is 4.07. The van der Waals surface area contributed by atoms with Crippen LogP contribution < -0.4 is 4.74 Å². The third-order valence-corrected chi connectivity index (χ3v) is 2.60. The largest absolute Gasteiger partial charge is 0.487 e. The van der Waals surface area contributed by atoms with Gasteiger partial charge in [0.25, 0.3) is 0 Å². The summed E-state index contributed by atoms with van der Waals surface area (Å²) in [7, 11) is 0. The van der Waals surface area contributed by atoms with Crippen LogP contribution in [0.1, 0.15) is 30.6 Å². The second-order valence-corrected chi connectivity index (χ2v) is 4.70. The minimum Gasteiger partial charge on any atom is -0.487 e. The van der Waals surface area contributed by atoms with Crippen LogP contribution in [0, 0.1) is 26.9 Å². The van der Waals surface area contributed by atoms with Crippen molar-refractivity contribution in [1.82, 2.24) is 0 Å². The van der Waals surface area contributed by atoms with Gasteiger partial charge in [-0.25, -0.2) is 0 Å². The van der Waals surface area contributed by atoms with Crippen LogP contribution in [0.4, 0.5) is 5.69 Å². The van der Waals surface area contributed by atoms with Gasteiger partial charge in [0.1, 0.15) is 6.29 Å². The van der Waals surface area contributed by atoms with E-state index in [0.29, 0.717) is 12.7 Å². The molecule has 6 nitrogen and oxygen atoms in total. The average Bonchev–Trinajstić information content (AvgIpc) is 2.38. The molecule has 0 fully saturated rings. The van der Waals surface area contributed by atoms with Crippen molar-refractivity contribution in [3.05, 3.63) is 33.9 Å². The number of benzene rings is 1. The van der Waals surface area contributed by atoms with E-state index in [2.05, 4.69) is 6.07 Å². The number of aldehydes is 1. The number of nitro benzene ring substituents is 1. The Hall–Kier alpha value is -2.42. The molecule has 0 aliphatic carbocycles. The molecule has 1 rings (SSSR count). The van der Waals surface area contributed by atoms with Gasteiger partial charge in [-0.15, -0.1) is 0 Å². The van der Waals surface area contributed by atoms with Crippen molar-refractivity contribution < 1.29 is 14.5 Å². The van der Waals surface area contributed by atoms with Gasteiger partial charge in [-0.1, -0.05) is 0 Å². The highest BCUT2D eigenvalue weighted by atomic mass is 16.6. The van der Waals surface area contributed by atoms with Gasteiger partial charge in [0.15, 0.2) is 5.75 Å². The third-order valence-electron chi connectivity index (χ3n) is 2.60. The van der Waals surface area contributed by atoms with Crippen LogP contribution in [-0.2, 0) is 0 Å². The van der Waals surface area contributed by atoms with Crippen molar-refractivity contribution in [2.24, 2.45) is 5.41 Å². The minimum absolute atomic E-state index is 0.101. The van der Waals surface area contributed by atoms with Crippen LogP contribution in [0.5, 0.6) is 5.75 Å². The second-order valence-electron chi connectivity index (χ2n) is 4.70. The summed E-state index contributed by atoms with van der Waals surface area (Å²) in [5.41, 5.74) is -0.576. The zero-order chi connectivity index (χ0) is 14.5. The van der Waals surface area contributed by atoms with Gasteiger partial charge >= 0.3 is 5.69 Å². The van der Waals surface area contributed by atoms with Crippen LogP contribution in [0.3, 0.4) is 0 Å². The van der Waals surface area contributed by atoms with E-state index < -0.39 is 10.3 Å². The van der Waals surface area contributed by atoms with E-state index in [-0.39, 0.29) is 23.6 Å². The van der Waals surface area contributed by atoms with Crippen LogP contribution in [0.15, 0.2) is 18.2 Å². The van der Waals surface area contributed by atoms with Crippen molar-refractivity contribution >= 4 is 12.0 Å². The summed E-state index contributed by atoms with van der Waals surface area (Å²) in [6.07, 6.45) is 0.992. The Morgan fingerprint density at radius 2 is 2.21 bits per heavy atom. The molecule has 0 aliphatic heterocycles. The van der Waals surface area contributed by atoms with Gasteiger partial charge in [-0.3, -0.25) is 14.9 Å². The predicted molar refractivity (Wildman–Crippen MR) is 68.0 cm³/mol. The molecule has 0 spiro atoms. The Bertz CT molecular complexity index is 532. The van der Waals surface area contributed by atoms with E-state index in [1.165, 1.54) is 12.1 Å². The summed E-state index contributed by atoms with van der Waals surface area (Å²) in [6, 6.07) is 6.13. The highest BCUT2D eigenvalue weighted by molar-refractivity contribution is 5.77. The van der Waals surface area contributed by atoms with Crippen molar-refractivity contribution in [1.29, 1.82) is 5.26 Å². The Labute approximate surface area is 110 Å². The fraction of sp³-hybridized carbons (Fsp3) is 0.385. The lowest BCUT2D eigenvalue weighted by Gasteiger charge is -2.15. The zero-order valence-electron chi connectivity index (χ0n) is 10.8. The maximum atomic E-state index is 10.9. The number of carbonyl (C=O) groups excluding carboxylic acids is 1. The van der Waals surface area contributed by atoms with Crippen LogP contribution in [0.2, 0.25) is 0 Å². The van der Waals surface area contributed by atoms with Crippen molar-refractivity contribution in [2.45, 2.75) is 20.3 Å². The molecule has 0 bridgehead atoms. The van der Waals surface area contributed by atoms with E-state index in [4.69, 9.17) is 10.00 Å². The highest BCUT2D eigenvalue weighted by Crippen LogP contribution is 2.28. The highest BCUT2D eigenvalue weighted by Gasteiger charge is 2.19. The molecule has 0 unspecified atom stereocenters. The molecule has 19 heavy (non-hydrogen) atoms. The number of rotatable bonds is 6. The quantitative estimate of drug-likeness (QED) is 0.446. The molecule has 100 valence electrons. The fourth-order valence-corrected chi connectivity index (χ4v) is 1.34. The Balaban J connectivity index is 2.82. The van der Waals surface area contributed by atoms with Gasteiger partial charge in [-0.05, 0) is 32.4 Å². The smallest absolute Gasteiger partial charge is 0.311 e. The van der Waals surface area contributed by atoms with Crippen LogP contribution >= 0.6 is 0 Å². The second kappa shape index (κ2) is 5.96. The average molecular weight is 262 g/mol. The summed E-state index contributed by atoms with van der Waals surface area (Å²) >= 11 is 0. The van der Waals surface area contributed by atoms with E-state index in [1.807, 2.05) is 0 Å². The Morgan fingerprint density at radius 1 is 1.53 bits per heavy atom. The molecule has 0 saturated heterocycles. The van der Waals surface area contributed by atoms with E-state index in [0.717, 1.165) is 6.07 Å². The molecule has 6 heteroatoms. The lowest BCUT2D eigenvalue weighted by molar-refractivity contribution is -0.385. The molecule has 0 aromatic heterocycles. The van der Waals surface area contributed by atoms with Gasteiger partial charge in [-0.2, -0.15) is 5.26 Å². The van der Waals surface area contributed by atoms with Crippen LogP contribution in [-0.4, -0.2) is 17.8 Å². The molecular formula is C13H14N2O4. The van der Waals surface area contributed by atoms with E-state index >= 15 is 0 Å². The number of ether oxygens (including phenoxy) is 1. The van der Waals surface area contributed by atoms with Crippen LogP contribution in [0.25, 0.3) is 0 Å². The molecule has 1 aromatic carbocycles. The summed E-state index contributed by atoms with van der Waals surface area (Å²) in [5.74, 6) is 0.101. The molecule has 0 heterocycles. The molecular weight excluding hydrogens is 248 g/mol. The number of nitriles is 1. The molecule has 0 atom stereocenters. The molecule has 1 aromatic rings. The first-order chi connectivity index (χ1) is 8.89. The summed E-state index contributed by atoms with van der Waals surface area (Å²) in [5, 5.41) is 19.7. The lowest BCUT2D eigenvalue weighted by atomic mass is 9.92. The molecule has 0 radical (unpaired) electrons. The maximum absolute atomic E-state index is 10.9.